The molecule has 66 valence electrons. The van der Waals surface area contributed by atoms with E-state index < -0.39 is 0 Å². The Morgan fingerprint density at radius 3 is 2.73 bits per heavy atom. The number of nitrogens with zero attached hydrogens (tertiary/aromatic N) is 1. The Morgan fingerprint density at radius 1 is 1.64 bits per heavy atom. The molecule has 0 heterocycles. The van der Waals surface area contributed by atoms with Crippen molar-refractivity contribution >= 4 is 5.91 Å². The summed E-state index contributed by atoms with van der Waals surface area (Å²) in [5.74, 6) is 5.20. The molecule has 0 saturated heterocycles. The van der Waals surface area contributed by atoms with Crippen molar-refractivity contribution in [2.45, 2.75) is 19.8 Å². The van der Waals surface area contributed by atoms with E-state index in [4.69, 9.17) is 5.84 Å². The molecule has 0 aliphatic heterocycles. The lowest BCUT2D eigenvalue weighted by Crippen LogP contribution is -2.33. The van der Waals surface area contributed by atoms with E-state index in [1.807, 2.05) is 6.92 Å². The van der Waals surface area contributed by atoms with Gasteiger partial charge in [0.05, 0.1) is 0 Å². The Labute approximate surface area is 67.7 Å². The lowest BCUT2D eigenvalue weighted by Gasteiger charge is -2.08. The number of carbonyl (C=O) groups excluding carboxylic acids is 1. The molecule has 0 saturated carbocycles. The summed E-state index contributed by atoms with van der Waals surface area (Å²) in [4.78, 5) is 10.9. The molecule has 3 N–H and O–H groups in total. The Kier molecular flexibility index (Phi) is 5.78. The maximum Gasteiger partial charge on any atom is 0.236 e. The second kappa shape index (κ2) is 6.12. The molecule has 0 aliphatic carbocycles. The van der Waals surface area contributed by atoms with Crippen molar-refractivity contribution in [1.82, 2.24) is 10.3 Å². The summed E-state index contributed by atoms with van der Waals surface area (Å²) in [6.07, 6.45) is 1.38. The van der Waals surface area contributed by atoms with Gasteiger partial charge in [-0.05, 0) is 19.5 Å². The molecule has 0 spiro atoms. The number of rotatable bonds is 5. The van der Waals surface area contributed by atoms with Gasteiger partial charge in [-0.2, -0.15) is 0 Å². The lowest BCUT2D eigenvalue weighted by molar-refractivity contribution is -0.130. The van der Waals surface area contributed by atoms with Crippen LogP contribution in [-0.4, -0.2) is 31.1 Å². The van der Waals surface area contributed by atoms with Gasteiger partial charge in [-0.3, -0.25) is 9.80 Å². The fourth-order valence-electron chi connectivity index (χ4n) is 0.718. The zero-order valence-corrected chi connectivity index (χ0v) is 7.26. The molecular weight excluding hydrogens is 142 g/mol. The summed E-state index contributed by atoms with van der Waals surface area (Å²) in [7, 11) is 1.57. The minimum absolute atomic E-state index is 0.0112. The molecule has 0 radical (unpaired) electrons. The minimum Gasteiger partial charge on any atom is -0.317 e. The number of amides is 1. The molecule has 11 heavy (non-hydrogen) atoms. The van der Waals surface area contributed by atoms with Gasteiger partial charge < -0.3 is 5.32 Å². The monoisotopic (exact) mass is 159 g/mol. The molecule has 4 nitrogen and oxygen atoms in total. The van der Waals surface area contributed by atoms with Gasteiger partial charge in [0.25, 0.3) is 0 Å². The van der Waals surface area contributed by atoms with Crippen LogP contribution in [-0.2, 0) is 4.79 Å². The normalized spacial score (nSPS) is 9.73. The van der Waals surface area contributed by atoms with Crippen molar-refractivity contribution in [2.75, 3.05) is 20.1 Å². The summed E-state index contributed by atoms with van der Waals surface area (Å²) in [5.41, 5.74) is 0. The number of carbonyl (C=O) groups is 1. The summed E-state index contributed by atoms with van der Waals surface area (Å²) in [5, 5.41) is 4.26. The lowest BCUT2D eigenvalue weighted by atomic mass is 10.3. The zero-order valence-electron chi connectivity index (χ0n) is 7.26. The van der Waals surface area contributed by atoms with Gasteiger partial charge >= 0.3 is 0 Å². The molecule has 0 aromatic carbocycles. The molecular formula is C7H17N3O. The van der Waals surface area contributed by atoms with Crippen LogP contribution in [0.4, 0.5) is 0 Å². The average molecular weight is 159 g/mol. The molecule has 4 heteroatoms. The van der Waals surface area contributed by atoms with Gasteiger partial charge in [0.15, 0.2) is 0 Å². The highest BCUT2D eigenvalue weighted by atomic mass is 16.2. The van der Waals surface area contributed by atoms with Crippen molar-refractivity contribution in [2.24, 2.45) is 5.84 Å². The van der Waals surface area contributed by atoms with E-state index in [9.17, 15) is 4.79 Å². The van der Waals surface area contributed by atoms with E-state index in [1.54, 1.807) is 7.05 Å². The third-order valence-corrected chi connectivity index (χ3v) is 1.39. The first-order valence-corrected chi connectivity index (χ1v) is 3.90. The summed E-state index contributed by atoms with van der Waals surface area (Å²) >= 11 is 0. The molecule has 1 amide bonds. The van der Waals surface area contributed by atoms with Crippen LogP contribution >= 0.6 is 0 Å². The summed E-state index contributed by atoms with van der Waals surface area (Å²) in [6, 6.07) is 0. The van der Waals surface area contributed by atoms with E-state index >= 15 is 0 Å². The fourth-order valence-corrected chi connectivity index (χ4v) is 0.718. The van der Waals surface area contributed by atoms with Crippen LogP contribution < -0.4 is 11.2 Å². The Hall–Kier alpha value is -0.610. The highest BCUT2D eigenvalue weighted by molar-refractivity contribution is 5.75. The van der Waals surface area contributed by atoms with E-state index in [0.29, 0.717) is 6.42 Å². The van der Waals surface area contributed by atoms with Crippen LogP contribution in [0.15, 0.2) is 0 Å². The summed E-state index contributed by atoms with van der Waals surface area (Å²) in [6.45, 7) is 3.87. The van der Waals surface area contributed by atoms with Crippen LogP contribution in [0.2, 0.25) is 0 Å². The maximum atomic E-state index is 10.9. The van der Waals surface area contributed by atoms with Gasteiger partial charge in [0, 0.05) is 13.5 Å². The van der Waals surface area contributed by atoms with Crippen molar-refractivity contribution in [3.05, 3.63) is 0 Å². The Balaban J connectivity index is 3.18. The van der Waals surface area contributed by atoms with Crippen molar-refractivity contribution in [3.8, 4) is 0 Å². The molecule has 0 aromatic rings. The van der Waals surface area contributed by atoms with Crippen LogP contribution in [0.25, 0.3) is 0 Å². The standard InChI is InChI=1S/C7H17N3O/c1-3-9-6-4-5-7(11)10(2)8/h9H,3-6,8H2,1-2H3. The van der Waals surface area contributed by atoms with Gasteiger partial charge in [-0.15, -0.1) is 0 Å². The second-order valence-corrected chi connectivity index (χ2v) is 2.46. The number of nitrogens with one attached hydrogen (secondary N) is 1. The average Bonchev–Trinajstić information content (AvgIpc) is 1.97. The number of hydrogen-bond donors (Lipinski definition) is 2. The van der Waals surface area contributed by atoms with Crippen molar-refractivity contribution in [3.63, 3.8) is 0 Å². The molecule has 0 rings (SSSR count). The first kappa shape index (κ1) is 10.4. The second-order valence-electron chi connectivity index (χ2n) is 2.46. The van der Waals surface area contributed by atoms with Crippen LogP contribution in [0.3, 0.4) is 0 Å². The van der Waals surface area contributed by atoms with E-state index in [-0.39, 0.29) is 5.91 Å². The van der Waals surface area contributed by atoms with Crippen LogP contribution in [0.1, 0.15) is 19.8 Å². The quantitative estimate of drug-likeness (QED) is 0.251. The molecule has 0 aromatic heterocycles. The smallest absolute Gasteiger partial charge is 0.236 e. The molecule has 0 unspecified atom stereocenters. The van der Waals surface area contributed by atoms with Gasteiger partial charge in [-0.25, -0.2) is 5.84 Å². The molecule has 0 bridgehead atoms. The topological polar surface area (TPSA) is 58.4 Å². The highest BCUT2D eigenvalue weighted by Crippen LogP contribution is 1.89. The predicted molar refractivity (Wildman–Crippen MR) is 44.7 cm³/mol. The highest BCUT2D eigenvalue weighted by Gasteiger charge is 2.01. The summed E-state index contributed by atoms with van der Waals surface area (Å²) < 4.78 is 0. The SMILES string of the molecule is CCNCCCC(=O)N(C)N. The molecule has 0 aliphatic rings. The Bertz CT molecular complexity index is 114. The van der Waals surface area contributed by atoms with Gasteiger partial charge in [0.2, 0.25) is 5.91 Å². The minimum atomic E-state index is -0.0112. The third kappa shape index (κ3) is 5.82. The molecule has 0 atom stereocenters. The zero-order chi connectivity index (χ0) is 8.69. The first-order valence-electron chi connectivity index (χ1n) is 3.90. The largest absolute Gasteiger partial charge is 0.317 e. The number of hydrogen-bond acceptors (Lipinski definition) is 3. The van der Waals surface area contributed by atoms with E-state index in [0.717, 1.165) is 24.5 Å². The first-order chi connectivity index (χ1) is 5.18. The third-order valence-electron chi connectivity index (χ3n) is 1.39. The van der Waals surface area contributed by atoms with Crippen molar-refractivity contribution < 1.29 is 4.79 Å². The van der Waals surface area contributed by atoms with E-state index in [1.165, 1.54) is 0 Å². The van der Waals surface area contributed by atoms with Gasteiger partial charge in [-0.1, -0.05) is 6.92 Å². The van der Waals surface area contributed by atoms with E-state index in [2.05, 4.69) is 5.32 Å². The van der Waals surface area contributed by atoms with Gasteiger partial charge in [0.1, 0.15) is 0 Å². The Morgan fingerprint density at radius 2 is 2.27 bits per heavy atom. The van der Waals surface area contributed by atoms with Crippen LogP contribution in [0.5, 0.6) is 0 Å². The fraction of sp³-hybridized carbons (Fsp3) is 0.857. The predicted octanol–water partition coefficient (Wildman–Crippen LogP) is -0.292. The van der Waals surface area contributed by atoms with Crippen molar-refractivity contribution in [1.29, 1.82) is 0 Å². The molecule has 0 fully saturated rings. The maximum absolute atomic E-state index is 10.9. The number of nitrogens with two attached hydrogens (primary N) is 1. The number of hydrazine groups is 1. The van der Waals surface area contributed by atoms with Crippen LogP contribution in [0, 0.1) is 0 Å².